The average molecular weight is 374 g/mol. The van der Waals surface area contributed by atoms with Gasteiger partial charge in [-0.2, -0.15) is 0 Å². The number of aryl methyl sites for hydroxylation is 1. The van der Waals surface area contributed by atoms with Crippen molar-refractivity contribution in [2.75, 3.05) is 18.4 Å². The highest BCUT2D eigenvalue weighted by Gasteiger charge is 2.22. The van der Waals surface area contributed by atoms with Crippen molar-refractivity contribution >= 4 is 45.6 Å². The van der Waals surface area contributed by atoms with Crippen molar-refractivity contribution in [3.05, 3.63) is 48.0 Å². The number of thiazole rings is 1. The second-order valence-electron chi connectivity index (χ2n) is 6.25. The van der Waals surface area contributed by atoms with Gasteiger partial charge in [-0.25, -0.2) is 4.98 Å². The first-order chi connectivity index (χ1) is 11.7. The van der Waals surface area contributed by atoms with Crippen LogP contribution in [0.4, 0.5) is 5.69 Å². The molecule has 1 fully saturated rings. The summed E-state index contributed by atoms with van der Waals surface area (Å²) >= 11 is 1.70. The van der Waals surface area contributed by atoms with Gasteiger partial charge in [0.1, 0.15) is 5.01 Å². The number of nitrogens with one attached hydrogen (secondary N) is 2. The van der Waals surface area contributed by atoms with E-state index in [-0.39, 0.29) is 24.2 Å². The van der Waals surface area contributed by atoms with Crippen LogP contribution in [0.25, 0.3) is 20.8 Å². The Morgan fingerprint density at radius 2 is 2.04 bits per heavy atom. The van der Waals surface area contributed by atoms with Crippen molar-refractivity contribution in [3.63, 3.8) is 0 Å². The van der Waals surface area contributed by atoms with Gasteiger partial charge in [0.15, 0.2) is 0 Å². The van der Waals surface area contributed by atoms with Crippen LogP contribution in [0.5, 0.6) is 0 Å². The molecule has 2 N–H and O–H groups in total. The summed E-state index contributed by atoms with van der Waals surface area (Å²) in [7, 11) is 0. The molecule has 4 rings (SSSR count). The predicted molar refractivity (Wildman–Crippen MR) is 107 cm³/mol. The molecule has 0 saturated carbocycles. The minimum absolute atomic E-state index is 0. The number of fused-ring (bicyclic) bond motifs is 1. The molecule has 1 aliphatic rings. The molecular formula is C19H20ClN3OS. The van der Waals surface area contributed by atoms with Crippen LogP contribution in [0, 0.1) is 12.8 Å². The summed E-state index contributed by atoms with van der Waals surface area (Å²) in [6, 6.07) is 14.3. The highest BCUT2D eigenvalue weighted by molar-refractivity contribution is 7.21. The number of amides is 1. The Morgan fingerprint density at radius 3 is 2.76 bits per heavy atom. The van der Waals surface area contributed by atoms with Gasteiger partial charge >= 0.3 is 0 Å². The van der Waals surface area contributed by atoms with E-state index >= 15 is 0 Å². The molecule has 1 aromatic heterocycles. The summed E-state index contributed by atoms with van der Waals surface area (Å²) in [4.78, 5) is 16.9. The van der Waals surface area contributed by atoms with E-state index in [2.05, 4.69) is 35.8 Å². The highest BCUT2D eigenvalue weighted by Crippen LogP contribution is 2.31. The van der Waals surface area contributed by atoms with Crippen LogP contribution >= 0.6 is 23.7 Å². The lowest BCUT2D eigenvalue weighted by Crippen LogP contribution is -2.24. The zero-order valence-electron chi connectivity index (χ0n) is 13.9. The Bertz CT molecular complexity index is 885. The van der Waals surface area contributed by atoms with Crippen LogP contribution in [-0.4, -0.2) is 24.0 Å². The van der Waals surface area contributed by atoms with E-state index in [4.69, 9.17) is 4.98 Å². The van der Waals surface area contributed by atoms with Gasteiger partial charge in [0.25, 0.3) is 0 Å². The summed E-state index contributed by atoms with van der Waals surface area (Å²) in [5, 5.41) is 7.23. The molecule has 1 amide bonds. The van der Waals surface area contributed by atoms with Crippen LogP contribution in [0.15, 0.2) is 42.5 Å². The van der Waals surface area contributed by atoms with Crippen LogP contribution in [-0.2, 0) is 4.79 Å². The van der Waals surface area contributed by atoms with Gasteiger partial charge in [-0.3, -0.25) is 4.79 Å². The SMILES string of the molecule is Cc1ccc2nc(-c3ccc(NC(=O)C4CCNC4)cc3)sc2c1.Cl. The third kappa shape index (κ3) is 3.84. The lowest BCUT2D eigenvalue weighted by Gasteiger charge is -2.10. The van der Waals surface area contributed by atoms with Crippen LogP contribution in [0.3, 0.4) is 0 Å². The standard InChI is InChI=1S/C19H19N3OS.ClH/c1-12-2-7-16-17(10-12)24-19(22-16)13-3-5-15(6-4-13)21-18(23)14-8-9-20-11-14;/h2-7,10,14,20H,8-9,11H2,1H3,(H,21,23);1H. The number of aromatic nitrogens is 1. The monoisotopic (exact) mass is 373 g/mol. The first-order valence-corrected chi connectivity index (χ1v) is 9.00. The molecule has 1 saturated heterocycles. The molecule has 1 unspecified atom stereocenters. The van der Waals surface area contributed by atoms with Crippen LogP contribution < -0.4 is 10.6 Å². The van der Waals surface area contributed by atoms with Gasteiger partial charge in [0.05, 0.1) is 16.1 Å². The first kappa shape index (κ1) is 17.9. The molecule has 3 aromatic rings. The second-order valence-corrected chi connectivity index (χ2v) is 7.28. The van der Waals surface area contributed by atoms with Crippen molar-refractivity contribution in [2.24, 2.45) is 5.92 Å². The molecule has 6 heteroatoms. The molecular weight excluding hydrogens is 354 g/mol. The molecule has 0 aliphatic carbocycles. The topological polar surface area (TPSA) is 54.0 Å². The minimum Gasteiger partial charge on any atom is -0.326 e. The number of carbonyl (C=O) groups is 1. The number of benzene rings is 2. The van der Waals surface area contributed by atoms with Crippen LogP contribution in [0.1, 0.15) is 12.0 Å². The predicted octanol–water partition coefficient (Wildman–Crippen LogP) is 4.24. The zero-order valence-corrected chi connectivity index (χ0v) is 15.5. The Kier molecular flexibility index (Phi) is 5.37. The molecule has 2 aromatic carbocycles. The molecule has 0 spiro atoms. The van der Waals surface area contributed by atoms with Crippen LogP contribution in [0.2, 0.25) is 0 Å². The number of nitrogens with zero attached hydrogens (tertiary/aromatic N) is 1. The van der Waals surface area contributed by atoms with Crippen molar-refractivity contribution in [3.8, 4) is 10.6 Å². The minimum atomic E-state index is 0. The highest BCUT2D eigenvalue weighted by atomic mass is 35.5. The fourth-order valence-corrected chi connectivity index (χ4v) is 4.04. The quantitative estimate of drug-likeness (QED) is 0.721. The van der Waals surface area contributed by atoms with E-state index in [9.17, 15) is 4.79 Å². The Hall–Kier alpha value is -1.95. The number of carbonyl (C=O) groups excluding carboxylic acids is 1. The van der Waals surface area contributed by atoms with Gasteiger partial charge < -0.3 is 10.6 Å². The molecule has 25 heavy (non-hydrogen) atoms. The number of hydrogen-bond acceptors (Lipinski definition) is 4. The summed E-state index contributed by atoms with van der Waals surface area (Å²) in [5.74, 6) is 0.181. The van der Waals surface area contributed by atoms with Crippen molar-refractivity contribution in [1.82, 2.24) is 10.3 Å². The van der Waals surface area contributed by atoms with Gasteiger partial charge in [-0.1, -0.05) is 6.07 Å². The van der Waals surface area contributed by atoms with Gasteiger partial charge in [-0.05, 0) is 61.9 Å². The first-order valence-electron chi connectivity index (χ1n) is 8.18. The summed E-state index contributed by atoms with van der Waals surface area (Å²) < 4.78 is 1.20. The number of halogens is 1. The third-order valence-corrected chi connectivity index (χ3v) is 5.44. The number of anilines is 1. The van der Waals surface area contributed by atoms with E-state index in [1.165, 1.54) is 10.3 Å². The Labute approximate surface area is 157 Å². The molecule has 1 atom stereocenters. The van der Waals surface area contributed by atoms with E-state index in [0.717, 1.165) is 41.3 Å². The Morgan fingerprint density at radius 1 is 1.24 bits per heavy atom. The lowest BCUT2D eigenvalue weighted by molar-refractivity contribution is -0.119. The second kappa shape index (κ2) is 7.52. The van der Waals surface area contributed by atoms with E-state index in [1.54, 1.807) is 11.3 Å². The van der Waals surface area contributed by atoms with E-state index in [0.29, 0.717) is 0 Å². The molecule has 0 radical (unpaired) electrons. The molecule has 4 nitrogen and oxygen atoms in total. The maximum Gasteiger partial charge on any atom is 0.228 e. The zero-order chi connectivity index (χ0) is 16.5. The summed E-state index contributed by atoms with van der Waals surface area (Å²) in [5.41, 5.74) is 4.20. The molecule has 130 valence electrons. The van der Waals surface area contributed by atoms with Crippen molar-refractivity contribution in [1.29, 1.82) is 0 Å². The third-order valence-electron chi connectivity index (χ3n) is 4.37. The van der Waals surface area contributed by atoms with Gasteiger partial charge in [0.2, 0.25) is 5.91 Å². The molecule has 2 heterocycles. The molecule has 0 bridgehead atoms. The maximum atomic E-state index is 12.2. The maximum absolute atomic E-state index is 12.2. The van der Waals surface area contributed by atoms with Gasteiger partial charge in [0, 0.05) is 17.8 Å². The normalized spacial score (nSPS) is 16.6. The number of rotatable bonds is 3. The van der Waals surface area contributed by atoms with Crippen molar-refractivity contribution < 1.29 is 4.79 Å². The smallest absolute Gasteiger partial charge is 0.228 e. The summed E-state index contributed by atoms with van der Waals surface area (Å²) in [6.07, 6.45) is 0.912. The lowest BCUT2D eigenvalue weighted by atomic mass is 10.1. The fraction of sp³-hybridized carbons (Fsp3) is 0.263. The van der Waals surface area contributed by atoms with E-state index in [1.807, 2.05) is 24.3 Å². The largest absolute Gasteiger partial charge is 0.326 e. The molecule has 1 aliphatic heterocycles. The van der Waals surface area contributed by atoms with Gasteiger partial charge in [-0.15, -0.1) is 23.7 Å². The van der Waals surface area contributed by atoms with Crippen molar-refractivity contribution in [2.45, 2.75) is 13.3 Å². The number of hydrogen-bond donors (Lipinski definition) is 2. The average Bonchev–Trinajstić information content (AvgIpc) is 3.24. The summed E-state index contributed by atoms with van der Waals surface area (Å²) in [6.45, 7) is 3.79. The Balaban J connectivity index is 0.00000182. The fourth-order valence-electron chi connectivity index (χ4n) is 2.97. The van der Waals surface area contributed by atoms with E-state index < -0.39 is 0 Å².